The van der Waals surface area contributed by atoms with Crippen LogP contribution in [0.4, 0.5) is 5.13 Å². The van der Waals surface area contributed by atoms with Gasteiger partial charge in [-0.05, 0) is 12.1 Å². The lowest BCUT2D eigenvalue weighted by Crippen LogP contribution is -2.30. The molecule has 7 nitrogen and oxygen atoms in total. The van der Waals surface area contributed by atoms with E-state index in [4.69, 9.17) is 4.42 Å². The summed E-state index contributed by atoms with van der Waals surface area (Å²) in [5.74, 6) is -0.851. The first-order valence-corrected chi connectivity index (χ1v) is 11.1. The van der Waals surface area contributed by atoms with Crippen molar-refractivity contribution in [3.05, 3.63) is 82.0 Å². The zero-order valence-corrected chi connectivity index (χ0v) is 17.5. The molecule has 1 fully saturated rings. The Hall–Kier alpha value is -3.56. The summed E-state index contributed by atoms with van der Waals surface area (Å²) in [6.07, 6.45) is 0. The molecule has 9 heteroatoms. The summed E-state index contributed by atoms with van der Waals surface area (Å²) < 4.78 is 5.22. The zero-order chi connectivity index (χ0) is 21.4. The molecule has 4 aromatic rings. The van der Waals surface area contributed by atoms with Gasteiger partial charge in [-0.3, -0.25) is 9.59 Å². The van der Waals surface area contributed by atoms with Crippen molar-refractivity contribution in [2.24, 2.45) is 4.99 Å². The number of carbonyl (C=O) groups is 2. The normalized spacial score (nSPS) is 15.2. The highest BCUT2D eigenvalue weighted by molar-refractivity contribution is 8.15. The smallest absolute Gasteiger partial charge is 0.349 e. The fraction of sp³-hybridized carbons (Fsp3) is 0.0455. The number of aromatic nitrogens is 1. The Morgan fingerprint density at radius 3 is 2.68 bits per heavy atom. The Kier molecular flexibility index (Phi) is 4.97. The van der Waals surface area contributed by atoms with Gasteiger partial charge in [-0.2, -0.15) is 4.99 Å². The van der Waals surface area contributed by atoms with Crippen molar-refractivity contribution in [3.8, 4) is 11.3 Å². The summed E-state index contributed by atoms with van der Waals surface area (Å²) in [4.78, 5) is 47.4. The summed E-state index contributed by atoms with van der Waals surface area (Å²) in [6.45, 7) is 0. The van der Waals surface area contributed by atoms with Crippen molar-refractivity contribution in [1.29, 1.82) is 0 Å². The number of anilines is 1. The van der Waals surface area contributed by atoms with Gasteiger partial charge in [-0.1, -0.05) is 60.3 Å². The van der Waals surface area contributed by atoms with Gasteiger partial charge in [0.1, 0.15) is 11.1 Å². The fourth-order valence-electron chi connectivity index (χ4n) is 3.10. The first kappa shape index (κ1) is 19.4. The molecule has 2 aromatic carbocycles. The molecule has 0 spiro atoms. The van der Waals surface area contributed by atoms with Gasteiger partial charge in [0.05, 0.1) is 11.4 Å². The Labute approximate surface area is 184 Å². The number of rotatable bonds is 3. The predicted octanol–water partition coefficient (Wildman–Crippen LogP) is 4.19. The Bertz CT molecular complexity index is 1410. The molecule has 0 N–H and O–H groups in total. The van der Waals surface area contributed by atoms with Gasteiger partial charge in [0, 0.05) is 16.3 Å². The predicted molar refractivity (Wildman–Crippen MR) is 122 cm³/mol. The second-order valence-electron chi connectivity index (χ2n) is 6.58. The second-order valence-corrected chi connectivity index (χ2v) is 8.36. The van der Waals surface area contributed by atoms with Crippen LogP contribution in [-0.2, 0) is 4.79 Å². The standard InChI is InChI=1S/C22H13N3O4S2/c26-18-12-31-22(25(18)21-23-16(11-30-21)13-6-2-1-3-7-13)24-19(27)15-10-14-8-4-5-9-17(14)29-20(15)28/h1-11H,12H2. The van der Waals surface area contributed by atoms with Gasteiger partial charge in [0.15, 0.2) is 10.3 Å². The highest BCUT2D eigenvalue weighted by Crippen LogP contribution is 2.32. The number of para-hydroxylation sites is 1. The van der Waals surface area contributed by atoms with Gasteiger partial charge < -0.3 is 4.42 Å². The van der Waals surface area contributed by atoms with E-state index in [0.29, 0.717) is 16.1 Å². The fourth-order valence-corrected chi connectivity index (χ4v) is 4.85. The minimum Gasteiger partial charge on any atom is -0.422 e. The van der Waals surface area contributed by atoms with E-state index in [-0.39, 0.29) is 22.4 Å². The molecule has 2 aromatic heterocycles. The number of thiazole rings is 1. The third kappa shape index (κ3) is 3.69. The van der Waals surface area contributed by atoms with E-state index in [1.54, 1.807) is 24.3 Å². The molecule has 0 saturated carbocycles. The molecule has 1 saturated heterocycles. The number of amidine groups is 1. The van der Waals surface area contributed by atoms with Gasteiger partial charge in [0.25, 0.3) is 5.91 Å². The third-order valence-electron chi connectivity index (χ3n) is 4.59. The average Bonchev–Trinajstić information content (AvgIpc) is 3.40. The number of fused-ring (bicyclic) bond motifs is 1. The molecule has 1 aliphatic heterocycles. The minimum absolute atomic E-state index is 0.138. The number of nitrogens with zero attached hydrogens (tertiary/aromatic N) is 3. The lowest BCUT2D eigenvalue weighted by molar-refractivity contribution is -0.115. The molecule has 152 valence electrons. The number of hydrogen-bond donors (Lipinski definition) is 0. The van der Waals surface area contributed by atoms with Crippen LogP contribution in [0.3, 0.4) is 0 Å². The van der Waals surface area contributed by atoms with E-state index in [2.05, 4.69) is 9.98 Å². The largest absolute Gasteiger partial charge is 0.422 e. The number of benzene rings is 2. The van der Waals surface area contributed by atoms with Crippen LogP contribution < -0.4 is 10.5 Å². The van der Waals surface area contributed by atoms with E-state index in [1.165, 1.54) is 22.3 Å². The first-order chi connectivity index (χ1) is 15.1. The maximum atomic E-state index is 12.8. The van der Waals surface area contributed by atoms with E-state index in [9.17, 15) is 14.4 Å². The first-order valence-electron chi connectivity index (χ1n) is 9.23. The van der Waals surface area contributed by atoms with Crippen LogP contribution in [0.2, 0.25) is 0 Å². The van der Waals surface area contributed by atoms with E-state index < -0.39 is 11.5 Å². The van der Waals surface area contributed by atoms with Gasteiger partial charge in [-0.15, -0.1) is 11.3 Å². The molecule has 5 rings (SSSR count). The van der Waals surface area contributed by atoms with Crippen LogP contribution in [0, 0.1) is 0 Å². The Morgan fingerprint density at radius 1 is 1.06 bits per heavy atom. The van der Waals surface area contributed by atoms with Crippen LogP contribution in [0.1, 0.15) is 10.4 Å². The summed E-state index contributed by atoms with van der Waals surface area (Å²) in [6, 6.07) is 17.9. The van der Waals surface area contributed by atoms with Gasteiger partial charge in [-0.25, -0.2) is 14.7 Å². The number of amides is 2. The highest BCUT2D eigenvalue weighted by Gasteiger charge is 2.33. The molecule has 0 atom stereocenters. The summed E-state index contributed by atoms with van der Waals surface area (Å²) >= 11 is 2.42. The molecular weight excluding hydrogens is 434 g/mol. The quantitative estimate of drug-likeness (QED) is 0.437. The molecule has 0 bridgehead atoms. The maximum Gasteiger partial charge on any atom is 0.349 e. The Balaban J connectivity index is 1.49. The van der Waals surface area contributed by atoms with Crippen molar-refractivity contribution >= 4 is 56.2 Å². The van der Waals surface area contributed by atoms with Crippen molar-refractivity contribution in [1.82, 2.24) is 4.98 Å². The topological polar surface area (TPSA) is 92.8 Å². The van der Waals surface area contributed by atoms with Gasteiger partial charge in [0.2, 0.25) is 5.91 Å². The molecule has 0 aliphatic carbocycles. The summed E-state index contributed by atoms with van der Waals surface area (Å²) in [5.41, 5.74) is 1.09. The van der Waals surface area contributed by atoms with Crippen LogP contribution in [0.5, 0.6) is 0 Å². The number of hydrogen-bond acceptors (Lipinski definition) is 7. The van der Waals surface area contributed by atoms with Crippen molar-refractivity contribution in [3.63, 3.8) is 0 Å². The Morgan fingerprint density at radius 2 is 1.84 bits per heavy atom. The molecule has 2 amide bonds. The van der Waals surface area contributed by atoms with E-state index >= 15 is 0 Å². The third-order valence-corrected chi connectivity index (χ3v) is 6.34. The lowest BCUT2D eigenvalue weighted by Gasteiger charge is -2.11. The van der Waals surface area contributed by atoms with Crippen LogP contribution in [0.25, 0.3) is 22.2 Å². The average molecular weight is 447 g/mol. The zero-order valence-electron chi connectivity index (χ0n) is 15.8. The number of aliphatic imine (C=N–C) groups is 1. The minimum atomic E-state index is -0.769. The van der Waals surface area contributed by atoms with Crippen LogP contribution >= 0.6 is 23.1 Å². The van der Waals surface area contributed by atoms with Gasteiger partial charge >= 0.3 is 5.63 Å². The summed E-state index contributed by atoms with van der Waals surface area (Å²) in [5, 5.41) is 3.07. The number of carbonyl (C=O) groups excluding carboxylic acids is 2. The summed E-state index contributed by atoms with van der Waals surface area (Å²) in [7, 11) is 0. The van der Waals surface area contributed by atoms with E-state index in [0.717, 1.165) is 23.0 Å². The second kappa shape index (κ2) is 7.93. The molecule has 3 heterocycles. The highest BCUT2D eigenvalue weighted by atomic mass is 32.2. The molecule has 31 heavy (non-hydrogen) atoms. The SMILES string of the molecule is O=C(N=C1SCC(=O)N1c1nc(-c2ccccc2)cs1)c1cc2ccccc2oc1=O. The van der Waals surface area contributed by atoms with E-state index in [1.807, 2.05) is 35.7 Å². The number of thioether (sulfide) groups is 1. The molecule has 0 radical (unpaired) electrons. The molecule has 1 aliphatic rings. The van der Waals surface area contributed by atoms with Crippen molar-refractivity contribution in [2.75, 3.05) is 10.7 Å². The van der Waals surface area contributed by atoms with Crippen LogP contribution in [-0.4, -0.2) is 27.7 Å². The lowest BCUT2D eigenvalue weighted by atomic mass is 10.2. The van der Waals surface area contributed by atoms with Crippen molar-refractivity contribution < 1.29 is 14.0 Å². The van der Waals surface area contributed by atoms with Crippen molar-refractivity contribution in [2.45, 2.75) is 0 Å². The maximum absolute atomic E-state index is 12.8. The molecule has 0 unspecified atom stereocenters. The van der Waals surface area contributed by atoms with Crippen LogP contribution in [0.15, 0.2) is 80.2 Å². The monoisotopic (exact) mass is 447 g/mol. The molecular formula is C22H13N3O4S2.